The minimum Gasteiger partial charge on any atom is -0.456 e. The molecular formula is C15H12ClNO4. The zero-order chi connectivity index (χ0) is 15.6. The molecule has 0 atom stereocenters. The van der Waals surface area contributed by atoms with E-state index >= 15 is 0 Å². The SMILES string of the molecule is CC(=O)c1ccc(Oc2cc(C)ccc2Cl)cc1[N+](=O)[O-]. The lowest BCUT2D eigenvalue weighted by molar-refractivity contribution is -0.385. The maximum Gasteiger partial charge on any atom is 0.283 e. The number of benzene rings is 2. The van der Waals surface area contributed by atoms with Crippen LogP contribution in [0.15, 0.2) is 36.4 Å². The average molecular weight is 306 g/mol. The van der Waals surface area contributed by atoms with E-state index in [4.69, 9.17) is 16.3 Å². The van der Waals surface area contributed by atoms with Gasteiger partial charge in [-0.25, -0.2) is 0 Å². The molecule has 0 bridgehead atoms. The molecule has 2 rings (SSSR count). The van der Waals surface area contributed by atoms with Crippen molar-refractivity contribution >= 4 is 23.1 Å². The van der Waals surface area contributed by atoms with Crippen LogP contribution in [0, 0.1) is 17.0 Å². The lowest BCUT2D eigenvalue weighted by Gasteiger charge is -2.09. The summed E-state index contributed by atoms with van der Waals surface area (Å²) in [5.74, 6) is 0.280. The summed E-state index contributed by atoms with van der Waals surface area (Å²) < 4.78 is 5.57. The molecule has 0 amide bonds. The monoisotopic (exact) mass is 305 g/mol. The molecule has 0 saturated carbocycles. The Bertz CT molecular complexity index is 728. The molecule has 0 spiro atoms. The fraction of sp³-hybridized carbons (Fsp3) is 0.133. The normalized spacial score (nSPS) is 10.2. The summed E-state index contributed by atoms with van der Waals surface area (Å²) >= 11 is 6.02. The van der Waals surface area contributed by atoms with Crippen molar-refractivity contribution in [3.05, 3.63) is 62.7 Å². The molecule has 0 N–H and O–H groups in total. The Morgan fingerprint density at radius 1 is 1.24 bits per heavy atom. The van der Waals surface area contributed by atoms with E-state index in [9.17, 15) is 14.9 Å². The van der Waals surface area contributed by atoms with Crippen LogP contribution in [0.4, 0.5) is 5.69 Å². The average Bonchev–Trinajstić information content (AvgIpc) is 2.42. The van der Waals surface area contributed by atoms with E-state index in [1.807, 2.05) is 13.0 Å². The molecule has 0 aromatic heterocycles. The van der Waals surface area contributed by atoms with Gasteiger partial charge in [0.15, 0.2) is 5.78 Å². The number of hydrogen-bond acceptors (Lipinski definition) is 4. The van der Waals surface area contributed by atoms with Gasteiger partial charge in [0.1, 0.15) is 11.5 Å². The molecule has 2 aromatic rings. The highest BCUT2D eigenvalue weighted by Crippen LogP contribution is 2.33. The van der Waals surface area contributed by atoms with Crippen molar-refractivity contribution in [3.8, 4) is 11.5 Å². The molecule has 0 saturated heterocycles. The van der Waals surface area contributed by atoms with Gasteiger partial charge in [0.2, 0.25) is 0 Å². The second-order valence-electron chi connectivity index (χ2n) is 4.53. The molecule has 6 heteroatoms. The van der Waals surface area contributed by atoms with E-state index in [2.05, 4.69) is 0 Å². The van der Waals surface area contributed by atoms with Crippen LogP contribution < -0.4 is 4.74 Å². The highest BCUT2D eigenvalue weighted by Gasteiger charge is 2.19. The Morgan fingerprint density at radius 3 is 2.57 bits per heavy atom. The molecule has 0 aliphatic carbocycles. The second-order valence-corrected chi connectivity index (χ2v) is 4.94. The van der Waals surface area contributed by atoms with Crippen LogP contribution in [0.5, 0.6) is 11.5 Å². The van der Waals surface area contributed by atoms with Gasteiger partial charge in [0.25, 0.3) is 5.69 Å². The predicted octanol–water partition coefficient (Wildman–Crippen LogP) is 4.55. The summed E-state index contributed by atoms with van der Waals surface area (Å²) in [7, 11) is 0. The van der Waals surface area contributed by atoms with E-state index in [1.54, 1.807) is 12.1 Å². The van der Waals surface area contributed by atoms with Crippen LogP contribution in [-0.2, 0) is 0 Å². The summed E-state index contributed by atoms with van der Waals surface area (Å²) in [4.78, 5) is 21.8. The molecule has 2 aromatic carbocycles. The number of carbonyl (C=O) groups excluding carboxylic acids is 1. The van der Waals surface area contributed by atoms with Gasteiger partial charge in [-0.2, -0.15) is 0 Å². The zero-order valence-corrected chi connectivity index (χ0v) is 12.2. The van der Waals surface area contributed by atoms with Crippen LogP contribution in [0.2, 0.25) is 5.02 Å². The minimum absolute atomic E-state index is 0.0442. The number of ketones is 1. The minimum atomic E-state index is -0.610. The van der Waals surface area contributed by atoms with Gasteiger partial charge in [-0.1, -0.05) is 17.7 Å². The summed E-state index contributed by atoms with van der Waals surface area (Å²) in [6.07, 6.45) is 0. The maximum absolute atomic E-state index is 11.4. The number of aryl methyl sites for hydroxylation is 1. The largest absolute Gasteiger partial charge is 0.456 e. The number of halogens is 1. The van der Waals surface area contributed by atoms with Crippen molar-refractivity contribution in [1.82, 2.24) is 0 Å². The number of nitro benzene ring substituents is 1. The van der Waals surface area contributed by atoms with E-state index in [0.717, 1.165) is 5.56 Å². The highest BCUT2D eigenvalue weighted by atomic mass is 35.5. The molecule has 108 valence electrons. The third-order valence-corrected chi connectivity index (χ3v) is 3.17. The standard InChI is InChI=1S/C15H12ClNO4/c1-9-3-6-13(16)15(7-9)21-11-4-5-12(10(2)18)14(8-11)17(19)20/h3-8H,1-2H3. The van der Waals surface area contributed by atoms with E-state index in [0.29, 0.717) is 10.8 Å². The van der Waals surface area contributed by atoms with Crippen molar-refractivity contribution in [1.29, 1.82) is 0 Å². The van der Waals surface area contributed by atoms with Gasteiger partial charge < -0.3 is 4.74 Å². The Hall–Kier alpha value is -2.40. The number of carbonyl (C=O) groups is 1. The Balaban J connectivity index is 2.41. The van der Waals surface area contributed by atoms with Crippen LogP contribution in [0.1, 0.15) is 22.8 Å². The van der Waals surface area contributed by atoms with Crippen LogP contribution in [0.3, 0.4) is 0 Å². The zero-order valence-electron chi connectivity index (χ0n) is 11.4. The summed E-state index contributed by atoms with van der Waals surface area (Å²) in [6.45, 7) is 3.16. The topological polar surface area (TPSA) is 69.4 Å². The van der Waals surface area contributed by atoms with Crippen LogP contribution in [-0.4, -0.2) is 10.7 Å². The first-order valence-corrected chi connectivity index (χ1v) is 6.49. The first-order valence-electron chi connectivity index (χ1n) is 6.12. The van der Waals surface area contributed by atoms with Gasteiger partial charge in [-0.15, -0.1) is 0 Å². The third kappa shape index (κ3) is 3.38. The number of ether oxygens (including phenoxy) is 1. The first kappa shape index (κ1) is 15.0. The second kappa shape index (κ2) is 5.93. The lowest BCUT2D eigenvalue weighted by Crippen LogP contribution is -2.00. The molecule has 0 aliphatic rings. The van der Waals surface area contributed by atoms with Gasteiger partial charge >= 0.3 is 0 Å². The van der Waals surface area contributed by atoms with Crippen LogP contribution >= 0.6 is 11.6 Å². The summed E-state index contributed by atoms with van der Waals surface area (Å²) in [5.41, 5.74) is 0.704. The van der Waals surface area contributed by atoms with Crippen LogP contribution in [0.25, 0.3) is 0 Å². The number of hydrogen-bond donors (Lipinski definition) is 0. The number of nitro groups is 1. The molecule has 0 fully saturated rings. The molecule has 0 aliphatic heterocycles. The van der Waals surface area contributed by atoms with Crippen molar-refractivity contribution in [2.75, 3.05) is 0 Å². The smallest absolute Gasteiger partial charge is 0.283 e. The fourth-order valence-corrected chi connectivity index (χ4v) is 2.00. The lowest BCUT2D eigenvalue weighted by atomic mass is 10.1. The van der Waals surface area contributed by atoms with Crippen molar-refractivity contribution in [2.45, 2.75) is 13.8 Å². The van der Waals surface area contributed by atoms with Gasteiger partial charge in [0, 0.05) is 0 Å². The molecular weight excluding hydrogens is 294 g/mol. The Kier molecular flexibility index (Phi) is 4.23. The van der Waals surface area contributed by atoms with Gasteiger partial charge in [-0.05, 0) is 43.7 Å². The van der Waals surface area contributed by atoms with E-state index in [-0.39, 0.29) is 22.8 Å². The van der Waals surface area contributed by atoms with Gasteiger partial charge in [0.05, 0.1) is 21.6 Å². The number of Topliss-reactive ketones (excluding diaryl/α,β-unsaturated/α-hetero) is 1. The molecule has 5 nitrogen and oxygen atoms in total. The van der Waals surface area contributed by atoms with Gasteiger partial charge in [-0.3, -0.25) is 14.9 Å². The molecule has 21 heavy (non-hydrogen) atoms. The van der Waals surface area contributed by atoms with E-state index in [1.165, 1.54) is 25.1 Å². The summed E-state index contributed by atoms with van der Waals surface area (Å²) in [6, 6.07) is 9.34. The van der Waals surface area contributed by atoms with Crippen molar-refractivity contribution in [3.63, 3.8) is 0 Å². The molecule has 0 unspecified atom stereocenters. The van der Waals surface area contributed by atoms with E-state index < -0.39 is 4.92 Å². The fourth-order valence-electron chi connectivity index (χ4n) is 1.84. The molecule has 0 heterocycles. The molecule has 0 radical (unpaired) electrons. The Labute approximate surface area is 126 Å². The summed E-state index contributed by atoms with van der Waals surface area (Å²) in [5, 5.41) is 11.4. The quantitative estimate of drug-likeness (QED) is 0.472. The third-order valence-electron chi connectivity index (χ3n) is 2.86. The maximum atomic E-state index is 11.4. The first-order chi connectivity index (χ1) is 9.88. The number of rotatable bonds is 4. The number of nitrogens with zero attached hydrogens (tertiary/aromatic N) is 1. The Morgan fingerprint density at radius 2 is 1.95 bits per heavy atom. The van der Waals surface area contributed by atoms with Crippen molar-refractivity contribution < 1.29 is 14.5 Å². The highest BCUT2D eigenvalue weighted by molar-refractivity contribution is 6.32. The van der Waals surface area contributed by atoms with Crippen molar-refractivity contribution in [2.24, 2.45) is 0 Å². The predicted molar refractivity (Wildman–Crippen MR) is 79.4 cm³/mol.